The fraction of sp³-hybridized carbons (Fsp3) is 0.400. The molecule has 72 valence electrons. The van der Waals surface area contributed by atoms with Crippen LogP contribution in [-0.2, 0) is 9.47 Å². The van der Waals surface area contributed by atoms with E-state index in [1.807, 2.05) is 6.92 Å². The number of ether oxygens (including phenoxy) is 2. The van der Waals surface area contributed by atoms with Crippen LogP contribution in [0.15, 0.2) is 36.3 Å². The fourth-order valence-corrected chi connectivity index (χ4v) is 1.06. The molecule has 0 aromatic heterocycles. The molecular weight excluding hydrogens is 168 g/mol. The van der Waals surface area contributed by atoms with Crippen molar-refractivity contribution in [2.75, 3.05) is 13.2 Å². The lowest BCUT2D eigenvalue weighted by Gasteiger charge is -2.26. The van der Waals surface area contributed by atoms with Crippen LogP contribution in [0.4, 0.5) is 0 Å². The molecule has 1 rings (SSSR count). The third-order valence-corrected chi connectivity index (χ3v) is 1.70. The van der Waals surface area contributed by atoms with Gasteiger partial charge >= 0.3 is 0 Å². The topological polar surface area (TPSA) is 38.7 Å². The van der Waals surface area contributed by atoms with Gasteiger partial charge in [0.25, 0.3) is 0 Å². The Kier molecular flexibility index (Phi) is 3.58. The van der Waals surface area contributed by atoms with Crippen LogP contribution < -0.4 is 0 Å². The molecule has 0 aliphatic carbocycles. The van der Waals surface area contributed by atoms with E-state index < -0.39 is 0 Å². The molecule has 3 heteroatoms. The average molecular weight is 182 g/mol. The Morgan fingerprint density at radius 1 is 1.62 bits per heavy atom. The summed E-state index contributed by atoms with van der Waals surface area (Å²) in [5.74, 6) is 1.33. The smallest absolute Gasteiger partial charge is 0.161 e. The van der Waals surface area contributed by atoms with Crippen LogP contribution in [0.2, 0.25) is 0 Å². The lowest BCUT2D eigenvalue weighted by Crippen LogP contribution is -2.29. The van der Waals surface area contributed by atoms with Gasteiger partial charge in [-0.05, 0) is 19.1 Å². The van der Waals surface area contributed by atoms with Crippen molar-refractivity contribution < 1.29 is 14.6 Å². The van der Waals surface area contributed by atoms with E-state index in [-0.39, 0.29) is 12.7 Å². The van der Waals surface area contributed by atoms with Crippen LogP contribution >= 0.6 is 0 Å². The molecule has 0 saturated carbocycles. The minimum atomic E-state index is -0.256. The Morgan fingerprint density at radius 3 is 2.92 bits per heavy atom. The van der Waals surface area contributed by atoms with Crippen molar-refractivity contribution in [2.24, 2.45) is 0 Å². The average Bonchev–Trinajstić information content (AvgIpc) is 2.19. The first-order valence-corrected chi connectivity index (χ1v) is 4.21. The monoisotopic (exact) mass is 182 g/mol. The molecular formula is C10H14O3. The van der Waals surface area contributed by atoms with Gasteiger partial charge in [0.05, 0.1) is 6.61 Å². The van der Waals surface area contributed by atoms with Gasteiger partial charge in [-0.3, -0.25) is 0 Å². The number of aliphatic hydroxyl groups is 1. The predicted molar refractivity (Wildman–Crippen MR) is 49.9 cm³/mol. The van der Waals surface area contributed by atoms with E-state index in [0.29, 0.717) is 18.1 Å². The van der Waals surface area contributed by atoms with E-state index in [2.05, 4.69) is 6.58 Å². The minimum Gasteiger partial charge on any atom is -0.486 e. The van der Waals surface area contributed by atoms with Crippen LogP contribution in [0.3, 0.4) is 0 Å². The Morgan fingerprint density at radius 2 is 2.38 bits per heavy atom. The van der Waals surface area contributed by atoms with Crippen molar-refractivity contribution >= 4 is 0 Å². The van der Waals surface area contributed by atoms with Crippen molar-refractivity contribution in [3.63, 3.8) is 0 Å². The third kappa shape index (κ3) is 2.36. The summed E-state index contributed by atoms with van der Waals surface area (Å²) in [5, 5.41) is 8.85. The number of allylic oxidation sites excluding steroid dienone is 3. The summed E-state index contributed by atoms with van der Waals surface area (Å²) in [6.45, 7) is 5.78. The Labute approximate surface area is 78.0 Å². The highest BCUT2D eigenvalue weighted by atomic mass is 16.6. The summed E-state index contributed by atoms with van der Waals surface area (Å²) in [6.07, 6.45) is 4.93. The van der Waals surface area contributed by atoms with Gasteiger partial charge in [-0.1, -0.05) is 12.7 Å². The molecule has 1 fully saturated rings. The maximum absolute atomic E-state index is 8.85. The van der Waals surface area contributed by atoms with Gasteiger partial charge in [0, 0.05) is 0 Å². The molecule has 1 unspecified atom stereocenters. The summed E-state index contributed by atoms with van der Waals surface area (Å²) in [7, 11) is 0. The van der Waals surface area contributed by atoms with E-state index in [4.69, 9.17) is 14.6 Å². The van der Waals surface area contributed by atoms with Gasteiger partial charge in [0.2, 0.25) is 0 Å². The predicted octanol–water partition coefficient (Wildman–Crippen LogP) is 1.37. The summed E-state index contributed by atoms with van der Waals surface area (Å²) >= 11 is 0. The Hall–Kier alpha value is -1.22. The maximum atomic E-state index is 8.85. The molecule has 0 radical (unpaired) electrons. The molecule has 0 spiro atoms. The molecule has 1 aliphatic heterocycles. The van der Waals surface area contributed by atoms with E-state index >= 15 is 0 Å². The number of rotatable bonds is 2. The largest absolute Gasteiger partial charge is 0.486 e. The molecule has 1 aliphatic rings. The lowest BCUT2D eigenvalue weighted by molar-refractivity contribution is -0.0339. The fourth-order valence-electron chi connectivity index (χ4n) is 1.06. The van der Waals surface area contributed by atoms with Crippen LogP contribution in [-0.4, -0.2) is 24.4 Å². The van der Waals surface area contributed by atoms with Crippen LogP contribution in [0, 0.1) is 0 Å². The Balaban J connectivity index is 2.72. The first kappa shape index (κ1) is 9.86. The van der Waals surface area contributed by atoms with Gasteiger partial charge in [0.15, 0.2) is 17.6 Å². The zero-order valence-corrected chi connectivity index (χ0v) is 7.69. The van der Waals surface area contributed by atoms with E-state index in [1.54, 1.807) is 18.2 Å². The van der Waals surface area contributed by atoms with Gasteiger partial charge in [0.1, 0.15) is 6.61 Å². The summed E-state index contributed by atoms with van der Waals surface area (Å²) in [6, 6.07) is 0. The normalized spacial score (nSPS) is 28.3. The second-order valence-corrected chi connectivity index (χ2v) is 2.65. The molecule has 1 N–H and O–H groups in total. The van der Waals surface area contributed by atoms with Gasteiger partial charge in [-0.15, -0.1) is 0 Å². The molecule has 1 saturated heterocycles. The minimum absolute atomic E-state index is 0.0291. The summed E-state index contributed by atoms with van der Waals surface area (Å²) < 4.78 is 10.8. The van der Waals surface area contributed by atoms with Crippen molar-refractivity contribution in [2.45, 2.75) is 13.0 Å². The Bertz CT molecular complexity index is 241. The van der Waals surface area contributed by atoms with Gasteiger partial charge in [-0.2, -0.15) is 0 Å². The van der Waals surface area contributed by atoms with E-state index in [1.165, 1.54) is 0 Å². The zero-order chi connectivity index (χ0) is 9.68. The molecule has 1 heterocycles. The van der Waals surface area contributed by atoms with Crippen molar-refractivity contribution in [3.8, 4) is 0 Å². The van der Waals surface area contributed by atoms with Crippen molar-refractivity contribution in [1.29, 1.82) is 0 Å². The number of hydrogen-bond acceptors (Lipinski definition) is 3. The highest BCUT2D eigenvalue weighted by molar-refractivity contribution is 5.24. The first-order valence-electron chi connectivity index (χ1n) is 4.21. The number of aliphatic hydroxyl groups excluding tert-OH is 1. The SMILES string of the molecule is C=C/C=C1/OCC(CO)O/C1=C/C. The standard InChI is InChI=1S/C10H14O3/c1-3-5-10-9(4-2)13-8(6-11)7-12-10/h3-5,8,11H,1,6-7H2,2H3/b9-4+,10-5+. The second kappa shape index (κ2) is 4.72. The van der Waals surface area contributed by atoms with Crippen molar-refractivity contribution in [1.82, 2.24) is 0 Å². The third-order valence-electron chi connectivity index (χ3n) is 1.70. The lowest BCUT2D eigenvalue weighted by atomic mass is 10.3. The highest BCUT2D eigenvalue weighted by Gasteiger charge is 2.21. The number of hydrogen-bond donors (Lipinski definition) is 1. The molecule has 0 aromatic rings. The first-order chi connectivity index (χ1) is 6.31. The highest BCUT2D eigenvalue weighted by Crippen LogP contribution is 2.21. The molecule has 13 heavy (non-hydrogen) atoms. The van der Waals surface area contributed by atoms with Gasteiger partial charge in [-0.25, -0.2) is 0 Å². The van der Waals surface area contributed by atoms with Gasteiger partial charge < -0.3 is 14.6 Å². The zero-order valence-electron chi connectivity index (χ0n) is 7.69. The van der Waals surface area contributed by atoms with E-state index in [9.17, 15) is 0 Å². The van der Waals surface area contributed by atoms with Crippen molar-refractivity contribution in [3.05, 3.63) is 36.3 Å². The molecule has 0 bridgehead atoms. The summed E-state index contributed by atoms with van der Waals surface area (Å²) in [4.78, 5) is 0. The molecule has 1 atom stereocenters. The molecule has 0 amide bonds. The van der Waals surface area contributed by atoms with Crippen LogP contribution in [0.25, 0.3) is 0 Å². The van der Waals surface area contributed by atoms with Crippen LogP contribution in [0.5, 0.6) is 0 Å². The molecule has 0 aromatic carbocycles. The molecule has 3 nitrogen and oxygen atoms in total. The summed E-state index contributed by atoms with van der Waals surface area (Å²) in [5.41, 5.74) is 0. The maximum Gasteiger partial charge on any atom is 0.161 e. The van der Waals surface area contributed by atoms with Crippen LogP contribution in [0.1, 0.15) is 6.92 Å². The quantitative estimate of drug-likeness (QED) is 0.701. The van der Waals surface area contributed by atoms with E-state index in [0.717, 1.165) is 0 Å². The second-order valence-electron chi connectivity index (χ2n) is 2.65.